The van der Waals surface area contributed by atoms with Gasteiger partial charge in [-0.05, 0) is 212 Å². The minimum absolute atomic E-state index is 0.512. The third kappa shape index (κ3) is 8.31. The van der Waals surface area contributed by atoms with E-state index in [9.17, 15) is 0 Å². The molecule has 2 aliphatic heterocycles. The number of hydrogen-bond donors (Lipinski definition) is 0. The van der Waals surface area contributed by atoms with Gasteiger partial charge in [0.1, 0.15) is 0 Å². The molecule has 1 atom stereocenters. The Morgan fingerprint density at radius 1 is 0.194 bits per heavy atom. The van der Waals surface area contributed by atoms with Crippen molar-refractivity contribution in [1.82, 2.24) is 9.13 Å². The fraction of sp³-hybridized carbons (Fsp3) is 0.0192. The van der Waals surface area contributed by atoms with Crippen LogP contribution in [0.2, 0.25) is 0 Å². The molecular formula is C104H62N2S2. The second-order valence-corrected chi connectivity index (χ2v) is 31.8. The zero-order chi connectivity index (χ0) is 70.5. The summed E-state index contributed by atoms with van der Waals surface area (Å²) in [5.41, 5.74) is 31.1. The second kappa shape index (κ2) is 22.8. The smallest absolute Gasteiger partial charge is 0.0735 e. The first kappa shape index (κ1) is 60.3. The van der Waals surface area contributed by atoms with Crippen molar-refractivity contribution in [1.29, 1.82) is 0 Å². The minimum Gasteiger partial charge on any atom is -0.309 e. The van der Waals surface area contributed by atoms with E-state index in [2.05, 4.69) is 385 Å². The lowest BCUT2D eigenvalue weighted by atomic mass is 9.67. The molecule has 2 aliphatic carbocycles. The highest BCUT2D eigenvalue weighted by Gasteiger charge is 2.53. The molecule has 20 aromatic rings. The molecule has 2 spiro atoms. The molecule has 0 N–H and O–H groups in total. The minimum atomic E-state index is -0.642. The molecule has 24 rings (SSSR count). The zero-order valence-electron chi connectivity index (χ0n) is 58.5. The molecule has 2 nitrogen and oxygen atoms in total. The van der Waals surface area contributed by atoms with Crippen molar-refractivity contribution >= 4 is 99.5 Å². The highest BCUT2D eigenvalue weighted by Crippen LogP contribution is 2.66. The van der Waals surface area contributed by atoms with E-state index in [4.69, 9.17) is 0 Å². The molecular weight excluding hydrogens is 1340 g/mol. The van der Waals surface area contributed by atoms with Gasteiger partial charge in [-0.1, -0.05) is 321 Å². The number of rotatable bonds is 6. The van der Waals surface area contributed by atoms with Crippen molar-refractivity contribution < 1.29 is 0 Å². The van der Waals surface area contributed by atoms with Crippen molar-refractivity contribution in [2.24, 2.45) is 0 Å². The molecule has 0 fully saturated rings. The molecule has 500 valence electrons. The molecule has 108 heavy (non-hydrogen) atoms. The predicted octanol–water partition coefficient (Wildman–Crippen LogP) is 27.7. The van der Waals surface area contributed by atoms with Crippen molar-refractivity contribution in [2.45, 2.75) is 30.4 Å². The van der Waals surface area contributed by atoms with E-state index in [1.807, 2.05) is 23.5 Å². The number of benzene rings is 18. The SMILES string of the molecule is c1ccc(-c2cc(-c3cccc(-c4cccc5c4-c4ccccc4C54c5ccccc5Sc5cc6c(cc54)c4ccc5ccccc5c4n6-c4ccc(-c5ccc6ccccc6c5)cc4)c3)cc(-n3c4cc5c(cc4c4ccc6ccccc6c43)C3(c4ccccc4S5)c4ccccc4-c4ccccc43)c2)cc1. The summed E-state index contributed by atoms with van der Waals surface area (Å²) in [6.45, 7) is 0. The van der Waals surface area contributed by atoms with E-state index in [0.717, 1.165) is 28.1 Å². The molecule has 0 radical (unpaired) electrons. The monoisotopic (exact) mass is 1400 g/mol. The van der Waals surface area contributed by atoms with Crippen molar-refractivity contribution in [3.8, 4) is 78.1 Å². The van der Waals surface area contributed by atoms with Crippen LogP contribution in [0.3, 0.4) is 0 Å². The maximum atomic E-state index is 2.61. The van der Waals surface area contributed by atoms with Gasteiger partial charge in [-0.3, -0.25) is 0 Å². The molecule has 18 aromatic carbocycles. The van der Waals surface area contributed by atoms with E-state index in [-0.39, 0.29) is 0 Å². The Balaban J connectivity index is 0.697. The maximum Gasteiger partial charge on any atom is 0.0735 e. The summed E-state index contributed by atoms with van der Waals surface area (Å²) >= 11 is 3.83. The van der Waals surface area contributed by atoms with Gasteiger partial charge in [0.2, 0.25) is 0 Å². The van der Waals surface area contributed by atoms with E-state index >= 15 is 0 Å². The second-order valence-electron chi connectivity index (χ2n) is 29.7. The summed E-state index contributed by atoms with van der Waals surface area (Å²) in [7, 11) is 0. The lowest BCUT2D eigenvalue weighted by molar-refractivity contribution is 0.724. The van der Waals surface area contributed by atoms with Gasteiger partial charge < -0.3 is 9.13 Å². The average Bonchev–Trinajstić information content (AvgIpc) is 1.49. The number of aromatic nitrogens is 2. The van der Waals surface area contributed by atoms with Crippen LogP contribution < -0.4 is 0 Å². The number of nitrogens with zero attached hydrogens (tertiary/aromatic N) is 2. The Morgan fingerprint density at radius 3 is 1.24 bits per heavy atom. The molecule has 2 aromatic heterocycles. The van der Waals surface area contributed by atoms with Crippen molar-refractivity contribution in [3.63, 3.8) is 0 Å². The van der Waals surface area contributed by atoms with Crippen molar-refractivity contribution in [3.05, 3.63) is 421 Å². The topological polar surface area (TPSA) is 9.86 Å². The normalized spacial score (nSPS) is 14.7. The van der Waals surface area contributed by atoms with Crippen LogP contribution in [0.25, 0.3) is 154 Å². The van der Waals surface area contributed by atoms with Crippen LogP contribution in [0, 0.1) is 0 Å². The Bertz CT molecular complexity index is 7270. The Labute approximate surface area is 633 Å². The van der Waals surface area contributed by atoms with Crippen LogP contribution in [-0.4, -0.2) is 9.13 Å². The van der Waals surface area contributed by atoms with Gasteiger partial charge in [-0.15, -0.1) is 0 Å². The third-order valence-electron chi connectivity index (χ3n) is 24.4. The quantitative estimate of drug-likeness (QED) is 0.164. The summed E-state index contributed by atoms with van der Waals surface area (Å²) in [4.78, 5) is 5.10. The zero-order valence-corrected chi connectivity index (χ0v) is 60.1. The summed E-state index contributed by atoms with van der Waals surface area (Å²) in [6.07, 6.45) is 0. The maximum absolute atomic E-state index is 2.61. The summed E-state index contributed by atoms with van der Waals surface area (Å²) in [6, 6.07) is 143. The molecule has 4 aliphatic rings. The van der Waals surface area contributed by atoms with Crippen LogP contribution in [0.4, 0.5) is 0 Å². The van der Waals surface area contributed by atoms with Crippen LogP contribution in [0.5, 0.6) is 0 Å². The van der Waals surface area contributed by atoms with Crippen molar-refractivity contribution in [2.75, 3.05) is 0 Å². The summed E-state index contributed by atoms with van der Waals surface area (Å²) < 4.78 is 5.15. The van der Waals surface area contributed by atoms with E-state index in [1.54, 1.807) is 0 Å². The summed E-state index contributed by atoms with van der Waals surface area (Å²) in [5, 5.41) is 12.4. The first-order valence-electron chi connectivity index (χ1n) is 37.4. The largest absolute Gasteiger partial charge is 0.309 e. The van der Waals surface area contributed by atoms with E-state index < -0.39 is 10.8 Å². The standard InChI is InChI=1S/C104H62N2S2/c1-2-22-63(23-3-1)72-56-73(58-75(57-72)106-95-62-98-92(59-85(95)82-53-49-67-26-7-9-31-78(67)102(82)106)103(89-39-16-18-42-96(89)107-98)86-36-13-10-32-79(86)80-33-11-14-37-87(80)103)69-28-20-29-71(55-69)76-35-21-41-91-100(76)83-34-12-15-38-88(83)104(91)90-40-17-19-43-97(90)108-99-61-94-84(60-93(99)104)81-52-48-66-25-6-8-30-77(66)101(81)105(94)74-50-46-65(47-51-74)70-45-44-64-24-4-5-27-68(64)54-70/h1-62H. The Hall–Kier alpha value is -13.0. The Kier molecular flexibility index (Phi) is 12.7. The molecule has 0 bridgehead atoms. The van der Waals surface area contributed by atoms with Gasteiger partial charge in [-0.2, -0.15) is 0 Å². The summed E-state index contributed by atoms with van der Waals surface area (Å²) in [5.74, 6) is 0. The average molecular weight is 1400 g/mol. The number of hydrogen-bond acceptors (Lipinski definition) is 2. The van der Waals surface area contributed by atoms with Gasteiger partial charge in [0.05, 0.1) is 32.9 Å². The van der Waals surface area contributed by atoms with Crippen LogP contribution in [0.1, 0.15) is 44.5 Å². The predicted molar refractivity (Wildman–Crippen MR) is 452 cm³/mol. The van der Waals surface area contributed by atoms with Crippen LogP contribution >= 0.6 is 23.5 Å². The first-order chi connectivity index (χ1) is 53.5. The molecule has 4 heterocycles. The fourth-order valence-electron chi connectivity index (χ4n) is 19.9. The van der Waals surface area contributed by atoms with E-state index in [0.29, 0.717) is 0 Å². The van der Waals surface area contributed by atoms with E-state index in [1.165, 1.54) is 190 Å². The van der Waals surface area contributed by atoms with Gasteiger partial charge in [0.15, 0.2) is 0 Å². The molecule has 1 unspecified atom stereocenters. The highest BCUT2D eigenvalue weighted by molar-refractivity contribution is 7.99. The Morgan fingerprint density at radius 2 is 0.611 bits per heavy atom. The van der Waals surface area contributed by atoms with Gasteiger partial charge >= 0.3 is 0 Å². The molecule has 0 saturated heterocycles. The number of fused-ring (bicyclic) bond motifs is 29. The van der Waals surface area contributed by atoms with Gasteiger partial charge in [0, 0.05) is 63.3 Å². The van der Waals surface area contributed by atoms with Crippen LogP contribution in [-0.2, 0) is 10.8 Å². The molecule has 4 heteroatoms. The van der Waals surface area contributed by atoms with Gasteiger partial charge in [0.25, 0.3) is 0 Å². The van der Waals surface area contributed by atoms with Gasteiger partial charge in [-0.25, -0.2) is 0 Å². The first-order valence-corrected chi connectivity index (χ1v) is 39.1. The molecule has 0 amide bonds. The lowest BCUT2D eigenvalue weighted by Gasteiger charge is -2.40. The van der Waals surface area contributed by atoms with Crippen LogP contribution in [0.15, 0.2) is 396 Å². The molecule has 0 saturated carbocycles. The fourth-order valence-corrected chi connectivity index (χ4v) is 22.3. The highest BCUT2D eigenvalue weighted by atomic mass is 32.2. The lowest BCUT2D eigenvalue weighted by Crippen LogP contribution is -2.32. The third-order valence-corrected chi connectivity index (χ3v) is 26.6.